The number of carboxylic acid groups (broad SMARTS) is 1. The van der Waals surface area contributed by atoms with Crippen LogP contribution in [-0.2, 0) is 11.2 Å². The summed E-state index contributed by atoms with van der Waals surface area (Å²) in [6.07, 6.45) is -0.150. The molecular weight excluding hydrogens is 215 g/mol. The van der Waals surface area contributed by atoms with Gasteiger partial charge >= 0.3 is 13.1 Å². The largest absolute Gasteiger partial charge is 0.488 e. The summed E-state index contributed by atoms with van der Waals surface area (Å²) < 4.78 is 13.4. The number of nitrogens with two attached hydrogens (primary N) is 1. The second-order valence-corrected chi connectivity index (χ2v) is 3.37. The van der Waals surface area contributed by atoms with E-state index in [9.17, 15) is 9.18 Å². The van der Waals surface area contributed by atoms with E-state index in [0.29, 0.717) is 0 Å². The van der Waals surface area contributed by atoms with Crippen LogP contribution in [0.25, 0.3) is 0 Å². The Morgan fingerprint density at radius 1 is 1.50 bits per heavy atom. The first kappa shape index (κ1) is 12.6. The molecular formula is C9H11BFNO4. The van der Waals surface area contributed by atoms with Gasteiger partial charge in [0.15, 0.2) is 0 Å². The lowest BCUT2D eigenvalue weighted by Gasteiger charge is -2.08. The Morgan fingerprint density at radius 3 is 2.56 bits per heavy atom. The minimum absolute atomic E-state index is 0.00477. The van der Waals surface area contributed by atoms with Crippen molar-refractivity contribution in [1.29, 1.82) is 0 Å². The van der Waals surface area contributed by atoms with E-state index < -0.39 is 24.9 Å². The summed E-state index contributed by atoms with van der Waals surface area (Å²) in [6, 6.07) is 2.35. The van der Waals surface area contributed by atoms with Crippen LogP contribution in [0.5, 0.6) is 0 Å². The zero-order valence-corrected chi connectivity index (χ0v) is 8.30. The van der Waals surface area contributed by atoms with E-state index in [0.717, 1.165) is 6.07 Å². The highest BCUT2D eigenvalue weighted by atomic mass is 18.2. The van der Waals surface area contributed by atoms with Crippen LogP contribution in [0.4, 0.5) is 4.39 Å². The third kappa shape index (κ3) is 3.03. The molecule has 0 heterocycles. The minimum atomic E-state index is -1.75. The molecule has 0 radical (unpaired) electrons. The van der Waals surface area contributed by atoms with Gasteiger partial charge in [-0.05, 0) is 17.1 Å². The predicted molar refractivity (Wildman–Crippen MR) is 55.5 cm³/mol. The molecule has 1 aromatic carbocycles. The Labute approximate surface area is 91.5 Å². The van der Waals surface area contributed by atoms with Gasteiger partial charge < -0.3 is 20.9 Å². The summed E-state index contributed by atoms with van der Waals surface area (Å²) in [5, 5.41) is 26.1. The lowest BCUT2D eigenvalue weighted by molar-refractivity contribution is -0.138. The Balaban J connectivity index is 2.87. The van der Waals surface area contributed by atoms with Crippen molar-refractivity contribution >= 4 is 18.6 Å². The average Bonchev–Trinajstić information content (AvgIpc) is 2.20. The van der Waals surface area contributed by atoms with Crippen molar-refractivity contribution in [1.82, 2.24) is 0 Å². The van der Waals surface area contributed by atoms with Crippen LogP contribution < -0.4 is 11.2 Å². The summed E-state index contributed by atoms with van der Waals surface area (Å²) >= 11 is 0. The molecule has 1 aromatic rings. The molecule has 0 bridgehead atoms. The maximum atomic E-state index is 13.4. The molecule has 1 atom stereocenters. The smallest absolute Gasteiger partial charge is 0.480 e. The van der Waals surface area contributed by atoms with Gasteiger partial charge in [0, 0.05) is 6.42 Å². The number of hydrogen-bond donors (Lipinski definition) is 4. The van der Waals surface area contributed by atoms with Gasteiger partial charge in [0.2, 0.25) is 0 Å². The molecule has 0 saturated carbocycles. The molecule has 0 fully saturated rings. The van der Waals surface area contributed by atoms with Crippen LogP contribution in [0.1, 0.15) is 5.56 Å². The Kier molecular flexibility index (Phi) is 4.00. The van der Waals surface area contributed by atoms with Crippen LogP contribution in [0, 0.1) is 5.82 Å². The fourth-order valence-corrected chi connectivity index (χ4v) is 1.21. The van der Waals surface area contributed by atoms with E-state index in [-0.39, 0.29) is 17.4 Å². The first-order chi connectivity index (χ1) is 7.41. The van der Waals surface area contributed by atoms with Crippen molar-refractivity contribution in [2.24, 2.45) is 5.73 Å². The van der Waals surface area contributed by atoms with Crippen molar-refractivity contribution in [3.63, 3.8) is 0 Å². The minimum Gasteiger partial charge on any atom is -0.480 e. The molecule has 16 heavy (non-hydrogen) atoms. The van der Waals surface area contributed by atoms with Gasteiger partial charge in [-0.25, -0.2) is 4.39 Å². The molecule has 7 heteroatoms. The second kappa shape index (κ2) is 5.06. The number of hydrogen-bond acceptors (Lipinski definition) is 4. The lowest BCUT2D eigenvalue weighted by atomic mass is 9.79. The summed E-state index contributed by atoms with van der Waals surface area (Å²) in [4.78, 5) is 10.5. The predicted octanol–water partition coefficient (Wildman–Crippen LogP) is -1.54. The molecule has 5 nitrogen and oxygen atoms in total. The fraction of sp³-hybridized carbons (Fsp3) is 0.222. The number of rotatable bonds is 4. The van der Waals surface area contributed by atoms with Crippen molar-refractivity contribution in [3.8, 4) is 0 Å². The molecule has 0 spiro atoms. The summed E-state index contributed by atoms with van der Waals surface area (Å²) in [7, 11) is -1.75. The van der Waals surface area contributed by atoms with Gasteiger partial charge in [-0.2, -0.15) is 0 Å². The van der Waals surface area contributed by atoms with E-state index in [1.165, 1.54) is 12.1 Å². The zero-order valence-electron chi connectivity index (χ0n) is 8.30. The average molecular weight is 226 g/mol. The molecule has 86 valence electrons. The third-order valence-corrected chi connectivity index (χ3v) is 2.13. The Bertz CT molecular complexity index is 399. The van der Waals surface area contributed by atoms with Crippen LogP contribution in [0.2, 0.25) is 0 Å². The Hall–Kier alpha value is -1.44. The van der Waals surface area contributed by atoms with E-state index >= 15 is 0 Å². The van der Waals surface area contributed by atoms with Crippen molar-refractivity contribution in [2.75, 3.05) is 0 Å². The van der Waals surface area contributed by atoms with Crippen molar-refractivity contribution < 1.29 is 24.3 Å². The molecule has 0 aliphatic heterocycles. The van der Waals surface area contributed by atoms with Gasteiger partial charge in [-0.15, -0.1) is 0 Å². The molecule has 0 aromatic heterocycles. The molecule has 0 saturated heterocycles. The maximum Gasteiger partial charge on any atom is 0.488 e. The van der Waals surface area contributed by atoms with Crippen LogP contribution in [0.15, 0.2) is 18.2 Å². The third-order valence-electron chi connectivity index (χ3n) is 2.13. The highest BCUT2D eigenvalue weighted by molar-refractivity contribution is 6.58. The molecule has 0 aliphatic rings. The highest BCUT2D eigenvalue weighted by Crippen LogP contribution is 2.07. The SMILES string of the molecule is N[C@H](Cc1ccc(B(O)O)cc1[18F])C(=O)O. The van der Waals surface area contributed by atoms with Gasteiger partial charge in [0.25, 0.3) is 0 Å². The van der Waals surface area contributed by atoms with Crippen molar-refractivity contribution in [2.45, 2.75) is 12.5 Å². The molecule has 0 amide bonds. The van der Waals surface area contributed by atoms with Gasteiger partial charge in [-0.3, -0.25) is 4.79 Å². The number of carboxylic acids is 1. The van der Waals surface area contributed by atoms with Crippen LogP contribution in [-0.4, -0.2) is 34.3 Å². The monoisotopic (exact) mass is 226 g/mol. The highest BCUT2D eigenvalue weighted by Gasteiger charge is 2.17. The molecule has 5 N–H and O–H groups in total. The maximum absolute atomic E-state index is 13.4. The van der Waals surface area contributed by atoms with Gasteiger partial charge in [-0.1, -0.05) is 12.1 Å². The summed E-state index contributed by atoms with van der Waals surface area (Å²) in [6.45, 7) is 0. The number of aliphatic carboxylic acids is 1. The van der Waals surface area contributed by atoms with E-state index in [1.54, 1.807) is 0 Å². The van der Waals surface area contributed by atoms with Gasteiger partial charge in [0.05, 0.1) is 0 Å². The molecule has 1 rings (SSSR count). The summed E-state index contributed by atoms with van der Waals surface area (Å²) in [5.41, 5.74) is 5.38. The Morgan fingerprint density at radius 2 is 2.12 bits per heavy atom. The zero-order chi connectivity index (χ0) is 12.3. The number of benzene rings is 1. The van der Waals surface area contributed by atoms with E-state index in [2.05, 4.69) is 0 Å². The first-order valence-corrected chi connectivity index (χ1v) is 4.54. The van der Waals surface area contributed by atoms with Gasteiger partial charge in [0.1, 0.15) is 11.9 Å². The van der Waals surface area contributed by atoms with E-state index in [4.69, 9.17) is 20.9 Å². The standard InChI is InChI=1S/C9H11BFNO4/c11-7-4-6(10(15)16)2-1-5(7)3-8(12)9(13)14/h1-2,4,8,15-16H,3,12H2,(H,13,14)/t8-/m1/s1/i11-1. The first-order valence-electron chi connectivity index (χ1n) is 4.54. The number of carbonyl (C=O) groups is 1. The normalized spacial score (nSPS) is 12.2. The second-order valence-electron chi connectivity index (χ2n) is 3.37. The number of halogens is 1. The van der Waals surface area contributed by atoms with E-state index in [1.807, 2.05) is 0 Å². The fourth-order valence-electron chi connectivity index (χ4n) is 1.21. The van der Waals surface area contributed by atoms with Crippen LogP contribution >= 0.6 is 0 Å². The molecule has 0 aliphatic carbocycles. The lowest BCUT2D eigenvalue weighted by Crippen LogP contribution is -2.33. The van der Waals surface area contributed by atoms with Crippen molar-refractivity contribution in [3.05, 3.63) is 29.6 Å². The quantitative estimate of drug-likeness (QED) is 0.466. The molecule has 0 unspecified atom stereocenters. The topological polar surface area (TPSA) is 104 Å². The summed E-state index contributed by atoms with van der Waals surface area (Å²) in [5.74, 6) is -1.92. The van der Waals surface area contributed by atoms with Crippen LogP contribution in [0.3, 0.4) is 0 Å².